The highest BCUT2D eigenvalue weighted by Gasteiger charge is 2.37. The van der Waals surface area contributed by atoms with Crippen LogP contribution in [0.4, 0.5) is 18.9 Å². The molecule has 2 aromatic carbocycles. The maximum absolute atomic E-state index is 13.5. The monoisotopic (exact) mass is 529 g/mol. The van der Waals surface area contributed by atoms with E-state index in [2.05, 4.69) is 0 Å². The van der Waals surface area contributed by atoms with Gasteiger partial charge in [0.05, 0.1) is 29.1 Å². The summed E-state index contributed by atoms with van der Waals surface area (Å²) in [4.78, 5) is 22.7. The number of anilines is 1. The van der Waals surface area contributed by atoms with Crippen LogP contribution in [0.3, 0.4) is 0 Å². The van der Waals surface area contributed by atoms with Crippen molar-refractivity contribution in [2.24, 2.45) is 0 Å². The molecule has 1 aliphatic heterocycles. The van der Waals surface area contributed by atoms with Crippen LogP contribution >= 0.6 is 0 Å². The number of sulfonamides is 1. The number of carbonyl (C=O) groups excluding carboxylic acids is 1. The SMILES string of the molecule is CC(C)(C)OC(=O)Cc1ccc2c(c1)N(S(=O)(=O)c1cccc(C(F)(F)F)c1)C[C@H](CCC(=O)O)O2. The average Bonchev–Trinajstić information content (AvgIpc) is 2.75. The van der Waals surface area contributed by atoms with E-state index in [0.29, 0.717) is 11.6 Å². The zero-order valence-electron chi connectivity index (χ0n) is 19.8. The van der Waals surface area contributed by atoms with E-state index in [0.717, 1.165) is 22.5 Å². The highest BCUT2D eigenvalue weighted by atomic mass is 32.2. The lowest BCUT2D eigenvalue weighted by Gasteiger charge is -2.35. The van der Waals surface area contributed by atoms with Crippen molar-refractivity contribution in [2.75, 3.05) is 10.8 Å². The van der Waals surface area contributed by atoms with Crippen LogP contribution in [0, 0.1) is 0 Å². The molecule has 8 nitrogen and oxygen atoms in total. The highest BCUT2D eigenvalue weighted by Crippen LogP contribution is 2.39. The number of fused-ring (bicyclic) bond motifs is 1. The van der Waals surface area contributed by atoms with Gasteiger partial charge in [0, 0.05) is 6.42 Å². The molecule has 0 aromatic heterocycles. The van der Waals surface area contributed by atoms with Gasteiger partial charge in [0.15, 0.2) is 0 Å². The first-order chi connectivity index (χ1) is 16.6. The Morgan fingerprint density at radius 2 is 1.83 bits per heavy atom. The minimum absolute atomic E-state index is 0.0248. The molecule has 3 rings (SSSR count). The van der Waals surface area contributed by atoms with Gasteiger partial charge in [-0.25, -0.2) is 8.42 Å². The fourth-order valence-electron chi connectivity index (χ4n) is 3.63. The van der Waals surface area contributed by atoms with Gasteiger partial charge in [0.25, 0.3) is 10.0 Å². The molecule has 1 N–H and O–H groups in total. The van der Waals surface area contributed by atoms with E-state index >= 15 is 0 Å². The van der Waals surface area contributed by atoms with E-state index in [9.17, 15) is 31.2 Å². The van der Waals surface area contributed by atoms with Gasteiger partial charge in [-0.15, -0.1) is 0 Å². The van der Waals surface area contributed by atoms with Crippen LogP contribution in [0.25, 0.3) is 0 Å². The van der Waals surface area contributed by atoms with Crippen LogP contribution in [0.5, 0.6) is 5.75 Å². The van der Waals surface area contributed by atoms with Crippen molar-refractivity contribution in [3.8, 4) is 5.75 Å². The Kier molecular flexibility index (Phi) is 7.58. The summed E-state index contributed by atoms with van der Waals surface area (Å²) in [5.74, 6) is -1.56. The fraction of sp³-hybridized carbons (Fsp3) is 0.417. The van der Waals surface area contributed by atoms with E-state index < -0.39 is 50.3 Å². The Labute approximate surface area is 206 Å². The van der Waals surface area contributed by atoms with Crippen LogP contribution < -0.4 is 9.04 Å². The minimum atomic E-state index is -4.75. The number of halogens is 3. The molecule has 1 aliphatic rings. The lowest BCUT2D eigenvalue weighted by Crippen LogP contribution is -2.43. The summed E-state index contributed by atoms with van der Waals surface area (Å²) < 4.78 is 78.8. The van der Waals surface area contributed by atoms with E-state index in [1.165, 1.54) is 18.2 Å². The van der Waals surface area contributed by atoms with Crippen molar-refractivity contribution in [1.29, 1.82) is 0 Å². The Morgan fingerprint density at radius 1 is 1.14 bits per heavy atom. The van der Waals surface area contributed by atoms with Crippen molar-refractivity contribution in [2.45, 2.75) is 62.8 Å². The second-order valence-corrected chi connectivity index (χ2v) is 11.2. The van der Waals surface area contributed by atoms with Crippen molar-refractivity contribution >= 4 is 27.6 Å². The van der Waals surface area contributed by atoms with Gasteiger partial charge in [-0.3, -0.25) is 13.9 Å². The number of hydrogen-bond donors (Lipinski definition) is 1. The molecule has 196 valence electrons. The number of nitrogens with zero attached hydrogens (tertiary/aromatic N) is 1. The lowest BCUT2D eigenvalue weighted by atomic mass is 10.1. The van der Waals surface area contributed by atoms with Crippen LogP contribution in [-0.2, 0) is 36.9 Å². The smallest absolute Gasteiger partial charge is 0.416 e. The molecule has 36 heavy (non-hydrogen) atoms. The molecule has 0 unspecified atom stereocenters. The van der Waals surface area contributed by atoms with Gasteiger partial charge in [0.1, 0.15) is 17.5 Å². The first-order valence-corrected chi connectivity index (χ1v) is 12.4. The molecule has 2 aromatic rings. The molecule has 1 atom stereocenters. The summed E-state index contributed by atoms with van der Waals surface area (Å²) in [6.07, 6.45) is -6.10. The minimum Gasteiger partial charge on any atom is -0.486 e. The number of ether oxygens (including phenoxy) is 2. The van der Waals surface area contributed by atoms with E-state index in [4.69, 9.17) is 14.6 Å². The van der Waals surface area contributed by atoms with E-state index in [1.807, 2.05) is 0 Å². The third-order valence-electron chi connectivity index (χ3n) is 5.15. The molecule has 0 radical (unpaired) electrons. The molecule has 1 heterocycles. The van der Waals surface area contributed by atoms with Crippen LogP contribution in [0.15, 0.2) is 47.4 Å². The Morgan fingerprint density at radius 3 is 2.44 bits per heavy atom. The molecule has 0 bridgehead atoms. The zero-order valence-corrected chi connectivity index (χ0v) is 20.6. The topological polar surface area (TPSA) is 110 Å². The molecular formula is C24H26F3NO7S. The predicted molar refractivity (Wildman–Crippen MR) is 123 cm³/mol. The summed E-state index contributed by atoms with van der Waals surface area (Å²) in [5.41, 5.74) is -1.43. The van der Waals surface area contributed by atoms with Gasteiger partial charge in [-0.05, 0) is 63.1 Å². The van der Waals surface area contributed by atoms with E-state index in [-0.39, 0.29) is 37.2 Å². The van der Waals surface area contributed by atoms with Crippen LogP contribution in [-0.4, -0.2) is 43.7 Å². The average molecular weight is 530 g/mol. The van der Waals surface area contributed by atoms with Crippen molar-refractivity contribution in [3.05, 3.63) is 53.6 Å². The van der Waals surface area contributed by atoms with Crippen molar-refractivity contribution in [3.63, 3.8) is 0 Å². The number of carboxylic acid groups (broad SMARTS) is 1. The van der Waals surface area contributed by atoms with Gasteiger partial charge in [-0.2, -0.15) is 13.2 Å². The van der Waals surface area contributed by atoms with Gasteiger partial charge in [0.2, 0.25) is 0 Å². The maximum Gasteiger partial charge on any atom is 0.416 e. The Hall–Kier alpha value is -3.28. The number of carbonyl (C=O) groups is 2. The summed E-state index contributed by atoms with van der Waals surface area (Å²) in [7, 11) is -4.51. The quantitative estimate of drug-likeness (QED) is 0.529. The Balaban J connectivity index is 2.03. The first-order valence-electron chi connectivity index (χ1n) is 11.0. The Bertz CT molecular complexity index is 1250. The first kappa shape index (κ1) is 27.3. The second kappa shape index (κ2) is 10.00. The molecule has 0 saturated carbocycles. The number of benzene rings is 2. The normalized spacial score (nSPS) is 16.2. The predicted octanol–water partition coefficient (Wildman–Crippen LogP) is 4.41. The number of aliphatic carboxylic acids is 1. The van der Waals surface area contributed by atoms with Crippen molar-refractivity contribution < 1.29 is 45.8 Å². The van der Waals surface area contributed by atoms with Gasteiger partial charge in [-0.1, -0.05) is 12.1 Å². The molecule has 0 spiro atoms. The van der Waals surface area contributed by atoms with Gasteiger partial charge >= 0.3 is 18.1 Å². The number of hydrogen-bond acceptors (Lipinski definition) is 6. The molecule has 0 fully saturated rings. The number of alkyl halides is 3. The summed E-state index contributed by atoms with van der Waals surface area (Å²) in [6.45, 7) is 4.78. The molecule has 0 aliphatic carbocycles. The van der Waals surface area contributed by atoms with E-state index in [1.54, 1.807) is 20.8 Å². The number of rotatable bonds is 7. The molecule has 0 amide bonds. The molecule has 0 saturated heterocycles. The third-order valence-corrected chi connectivity index (χ3v) is 6.93. The lowest BCUT2D eigenvalue weighted by molar-refractivity contribution is -0.154. The summed E-state index contributed by atoms with van der Waals surface area (Å²) >= 11 is 0. The summed E-state index contributed by atoms with van der Waals surface area (Å²) in [6, 6.07) is 7.74. The molecular weight excluding hydrogens is 503 g/mol. The zero-order chi connectivity index (χ0) is 26.9. The van der Waals surface area contributed by atoms with Crippen LogP contribution in [0.2, 0.25) is 0 Å². The van der Waals surface area contributed by atoms with Crippen molar-refractivity contribution in [1.82, 2.24) is 0 Å². The van der Waals surface area contributed by atoms with Gasteiger partial charge < -0.3 is 14.6 Å². The largest absolute Gasteiger partial charge is 0.486 e. The number of carboxylic acids is 1. The maximum atomic E-state index is 13.5. The molecule has 12 heteroatoms. The standard InChI is InChI=1S/C24H26F3NO7S/c1-23(2,3)35-22(31)12-15-7-9-20-19(11-15)28(14-17(34-20)8-10-21(29)30)36(32,33)18-6-4-5-16(13-18)24(25,26)27/h4-7,9,11,13,17H,8,10,12,14H2,1-3H3,(H,29,30)/t17-/m0/s1. The highest BCUT2D eigenvalue weighted by molar-refractivity contribution is 7.92. The van der Waals surface area contributed by atoms with Crippen LogP contribution in [0.1, 0.15) is 44.7 Å². The number of esters is 1. The second-order valence-electron chi connectivity index (χ2n) is 9.30. The fourth-order valence-corrected chi connectivity index (χ4v) is 5.18. The summed E-state index contributed by atoms with van der Waals surface area (Å²) in [5, 5.41) is 9.01. The third kappa shape index (κ3) is 6.68.